The van der Waals surface area contributed by atoms with Crippen LogP contribution in [0.5, 0.6) is 0 Å². The molecule has 1 aliphatic rings. The van der Waals surface area contributed by atoms with Gasteiger partial charge < -0.3 is 9.47 Å². The Balaban J connectivity index is 1.65. The molecule has 1 aliphatic carbocycles. The van der Waals surface area contributed by atoms with Crippen LogP contribution in [0.1, 0.15) is 49.4 Å². The van der Waals surface area contributed by atoms with E-state index in [4.69, 9.17) is 9.47 Å². The standard InChI is InChI=1S/C17H23NO5/c1-2-3-9-22-10-8-13-11-16(12-13)23-17(19)14-4-6-15(7-5-14)18(20)21/h4-7,13,16H,2-3,8-12H2,1H3/t13-,16-. The van der Waals surface area contributed by atoms with Crippen molar-refractivity contribution >= 4 is 11.7 Å². The van der Waals surface area contributed by atoms with Crippen LogP contribution < -0.4 is 0 Å². The summed E-state index contributed by atoms with van der Waals surface area (Å²) in [4.78, 5) is 22.0. The number of rotatable bonds is 9. The molecule has 0 unspecified atom stereocenters. The van der Waals surface area contributed by atoms with Gasteiger partial charge in [0.05, 0.1) is 10.5 Å². The van der Waals surface area contributed by atoms with E-state index in [0.29, 0.717) is 11.5 Å². The minimum absolute atomic E-state index is 0.0340. The summed E-state index contributed by atoms with van der Waals surface area (Å²) in [6.07, 6.45) is 4.95. The monoisotopic (exact) mass is 321 g/mol. The van der Waals surface area contributed by atoms with Crippen LogP contribution in [0.2, 0.25) is 0 Å². The van der Waals surface area contributed by atoms with Gasteiger partial charge >= 0.3 is 5.97 Å². The highest BCUT2D eigenvalue weighted by Gasteiger charge is 2.32. The Morgan fingerprint density at radius 2 is 1.96 bits per heavy atom. The van der Waals surface area contributed by atoms with E-state index < -0.39 is 10.9 Å². The molecule has 1 saturated carbocycles. The maximum Gasteiger partial charge on any atom is 0.338 e. The Kier molecular flexibility index (Phi) is 6.52. The molecule has 0 amide bonds. The summed E-state index contributed by atoms with van der Waals surface area (Å²) >= 11 is 0. The molecule has 0 aliphatic heterocycles. The van der Waals surface area contributed by atoms with Gasteiger partial charge in [-0.15, -0.1) is 0 Å². The van der Waals surface area contributed by atoms with Crippen molar-refractivity contribution in [3.63, 3.8) is 0 Å². The number of carbonyl (C=O) groups is 1. The summed E-state index contributed by atoms with van der Waals surface area (Å²) < 4.78 is 10.9. The fourth-order valence-electron chi connectivity index (χ4n) is 2.54. The van der Waals surface area contributed by atoms with Crippen LogP contribution in [0.25, 0.3) is 0 Å². The van der Waals surface area contributed by atoms with Gasteiger partial charge in [-0.2, -0.15) is 0 Å². The van der Waals surface area contributed by atoms with Crippen molar-refractivity contribution in [2.75, 3.05) is 13.2 Å². The number of unbranched alkanes of at least 4 members (excludes halogenated alkanes) is 1. The maximum absolute atomic E-state index is 12.0. The number of hydrogen-bond acceptors (Lipinski definition) is 5. The average molecular weight is 321 g/mol. The van der Waals surface area contributed by atoms with Gasteiger partial charge in [-0.05, 0) is 43.7 Å². The lowest BCUT2D eigenvalue weighted by Crippen LogP contribution is -2.34. The zero-order valence-corrected chi connectivity index (χ0v) is 13.4. The molecule has 126 valence electrons. The third-order valence-corrected chi connectivity index (χ3v) is 4.09. The molecular formula is C17H23NO5. The highest BCUT2D eigenvalue weighted by Crippen LogP contribution is 2.33. The van der Waals surface area contributed by atoms with Crippen molar-refractivity contribution in [3.8, 4) is 0 Å². The molecule has 0 atom stereocenters. The van der Waals surface area contributed by atoms with Gasteiger partial charge in [0, 0.05) is 25.3 Å². The number of hydrogen-bond donors (Lipinski definition) is 0. The number of nitro benzene ring substituents is 1. The second kappa shape index (κ2) is 8.62. The van der Waals surface area contributed by atoms with Crippen LogP contribution in [-0.2, 0) is 9.47 Å². The summed E-state index contributed by atoms with van der Waals surface area (Å²) in [7, 11) is 0. The number of non-ortho nitro benzene ring substituents is 1. The third kappa shape index (κ3) is 5.32. The first kappa shape index (κ1) is 17.4. The van der Waals surface area contributed by atoms with E-state index in [1.165, 1.54) is 24.3 Å². The number of carbonyl (C=O) groups excluding carboxylic acids is 1. The zero-order chi connectivity index (χ0) is 16.7. The van der Waals surface area contributed by atoms with Gasteiger partial charge in [0.1, 0.15) is 6.10 Å². The molecule has 0 heterocycles. The summed E-state index contributed by atoms with van der Waals surface area (Å²) in [5.41, 5.74) is 0.315. The summed E-state index contributed by atoms with van der Waals surface area (Å²) in [5.74, 6) is 0.147. The smallest absolute Gasteiger partial charge is 0.338 e. The summed E-state index contributed by atoms with van der Waals surface area (Å²) in [6.45, 7) is 3.73. The number of nitro groups is 1. The lowest BCUT2D eigenvalue weighted by molar-refractivity contribution is -0.384. The third-order valence-electron chi connectivity index (χ3n) is 4.09. The molecule has 0 radical (unpaired) electrons. The SMILES string of the molecule is CCCCOCC[C@H]1C[C@H](OC(=O)c2ccc([N+](=O)[O-])cc2)C1. The van der Waals surface area contributed by atoms with Crippen molar-refractivity contribution in [2.24, 2.45) is 5.92 Å². The molecule has 23 heavy (non-hydrogen) atoms. The first-order chi connectivity index (χ1) is 11.1. The minimum atomic E-state index is -0.492. The van der Waals surface area contributed by atoms with Crippen molar-refractivity contribution in [1.82, 2.24) is 0 Å². The van der Waals surface area contributed by atoms with Crippen LogP contribution >= 0.6 is 0 Å². The number of ether oxygens (including phenoxy) is 2. The molecule has 2 rings (SSSR count). The molecule has 0 aromatic heterocycles. The normalized spacial score (nSPS) is 19.9. The lowest BCUT2D eigenvalue weighted by atomic mass is 9.80. The van der Waals surface area contributed by atoms with E-state index in [-0.39, 0.29) is 11.8 Å². The van der Waals surface area contributed by atoms with E-state index in [1.807, 2.05) is 0 Å². The maximum atomic E-state index is 12.0. The first-order valence-corrected chi connectivity index (χ1v) is 8.13. The Morgan fingerprint density at radius 3 is 2.57 bits per heavy atom. The predicted octanol–water partition coefficient (Wildman–Crippen LogP) is 3.74. The molecule has 1 fully saturated rings. The second-order valence-electron chi connectivity index (χ2n) is 5.92. The fraction of sp³-hybridized carbons (Fsp3) is 0.588. The van der Waals surface area contributed by atoms with Crippen LogP contribution in [-0.4, -0.2) is 30.2 Å². The Morgan fingerprint density at radius 1 is 1.26 bits per heavy atom. The van der Waals surface area contributed by atoms with Crippen molar-refractivity contribution < 1.29 is 19.2 Å². The Bertz CT molecular complexity index is 522. The van der Waals surface area contributed by atoms with E-state index >= 15 is 0 Å². The second-order valence-corrected chi connectivity index (χ2v) is 5.92. The van der Waals surface area contributed by atoms with E-state index in [2.05, 4.69) is 6.92 Å². The quantitative estimate of drug-likeness (QED) is 0.300. The fourth-order valence-corrected chi connectivity index (χ4v) is 2.54. The largest absolute Gasteiger partial charge is 0.459 e. The number of esters is 1. The van der Waals surface area contributed by atoms with Crippen LogP contribution in [0.3, 0.4) is 0 Å². The molecule has 0 spiro atoms. The minimum Gasteiger partial charge on any atom is -0.459 e. The van der Waals surface area contributed by atoms with Gasteiger partial charge in [-0.25, -0.2) is 4.79 Å². The molecule has 6 heteroatoms. The topological polar surface area (TPSA) is 78.7 Å². The lowest BCUT2D eigenvalue weighted by Gasteiger charge is -2.34. The highest BCUT2D eigenvalue weighted by molar-refractivity contribution is 5.89. The molecule has 6 nitrogen and oxygen atoms in total. The van der Waals surface area contributed by atoms with E-state index in [1.54, 1.807) is 0 Å². The van der Waals surface area contributed by atoms with Gasteiger partial charge in [0.15, 0.2) is 0 Å². The molecular weight excluding hydrogens is 298 g/mol. The predicted molar refractivity (Wildman–Crippen MR) is 85.4 cm³/mol. The molecule has 1 aromatic carbocycles. The number of benzene rings is 1. The van der Waals surface area contributed by atoms with E-state index in [9.17, 15) is 14.9 Å². The Hall–Kier alpha value is -1.95. The average Bonchev–Trinajstić information content (AvgIpc) is 2.51. The molecule has 0 N–H and O–H groups in total. The first-order valence-electron chi connectivity index (χ1n) is 8.13. The van der Waals surface area contributed by atoms with Crippen molar-refractivity contribution in [3.05, 3.63) is 39.9 Å². The van der Waals surface area contributed by atoms with Crippen LogP contribution in [0, 0.1) is 16.0 Å². The van der Waals surface area contributed by atoms with Gasteiger partial charge in [0.2, 0.25) is 0 Å². The van der Waals surface area contributed by atoms with Crippen LogP contribution in [0.15, 0.2) is 24.3 Å². The van der Waals surface area contributed by atoms with Gasteiger partial charge in [0.25, 0.3) is 5.69 Å². The van der Waals surface area contributed by atoms with Gasteiger partial charge in [-0.3, -0.25) is 10.1 Å². The number of nitrogens with zero attached hydrogens (tertiary/aromatic N) is 1. The van der Waals surface area contributed by atoms with Gasteiger partial charge in [-0.1, -0.05) is 13.3 Å². The Labute approximate surface area is 135 Å². The zero-order valence-electron chi connectivity index (χ0n) is 13.4. The summed E-state index contributed by atoms with van der Waals surface area (Å²) in [5, 5.41) is 10.6. The van der Waals surface area contributed by atoms with E-state index in [0.717, 1.165) is 45.3 Å². The van der Waals surface area contributed by atoms with Crippen molar-refractivity contribution in [1.29, 1.82) is 0 Å². The molecule has 0 bridgehead atoms. The molecule has 0 saturated heterocycles. The molecule has 1 aromatic rings. The van der Waals surface area contributed by atoms with Crippen molar-refractivity contribution in [2.45, 2.75) is 45.1 Å². The highest BCUT2D eigenvalue weighted by atomic mass is 16.6. The van der Waals surface area contributed by atoms with Crippen LogP contribution in [0.4, 0.5) is 5.69 Å². The summed E-state index contributed by atoms with van der Waals surface area (Å²) in [6, 6.07) is 5.48.